The summed E-state index contributed by atoms with van der Waals surface area (Å²) < 4.78 is 5.75. The SMILES string of the molecule is CCOc1ccc2c(c1)C(C)(C)C(C)=CN2C(=O)C(Cc1ccccc1)N1C(=O)c2ccccc2C1=O. The maximum atomic E-state index is 14.4. The lowest BCUT2D eigenvalue weighted by molar-refractivity contribution is -0.121. The fourth-order valence-electron chi connectivity index (χ4n) is 5.08. The van der Waals surface area contributed by atoms with Crippen LogP contribution in [0, 0.1) is 0 Å². The quantitative estimate of drug-likeness (QED) is 0.423. The number of allylic oxidation sites excluding steroid dienone is 1. The van der Waals surface area contributed by atoms with E-state index in [9.17, 15) is 14.4 Å². The Kier molecular flexibility index (Phi) is 6.20. The molecule has 0 aliphatic carbocycles. The molecule has 0 saturated heterocycles. The van der Waals surface area contributed by atoms with Gasteiger partial charge in [-0.05, 0) is 60.9 Å². The van der Waals surface area contributed by atoms with Crippen molar-refractivity contribution in [1.82, 2.24) is 4.90 Å². The van der Waals surface area contributed by atoms with Crippen LogP contribution in [0.5, 0.6) is 5.75 Å². The number of anilines is 1. The second-order valence-corrected chi connectivity index (χ2v) is 9.99. The van der Waals surface area contributed by atoms with Crippen LogP contribution in [0.15, 0.2) is 84.6 Å². The molecular formula is C31H30N2O4. The zero-order valence-electron chi connectivity index (χ0n) is 21.5. The van der Waals surface area contributed by atoms with Crippen LogP contribution in [0.2, 0.25) is 0 Å². The van der Waals surface area contributed by atoms with Crippen molar-refractivity contribution in [2.75, 3.05) is 11.5 Å². The van der Waals surface area contributed by atoms with Crippen LogP contribution in [0.25, 0.3) is 0 Å². The third kappa shape index (κ3) is 4.12. The Labute approximate surface area is 217 Å². The van der Waals surface area contributed by atoms with Crippen molar-refractivity contribution in [1.29, 1.82) is 0 Å². The van der Waals surface area contributed by atoms with E-state index in [0.29, 0.717) is 17.7 Å². The molecule has 0 bridgehead atoms. The third-order valence-corrected chi connectivity index (χ3v) is 7.45. The van der Waals surface area contributed by atoms with E-state index in [-0.39, 0.29) is 17.7 Å². The molecule has 0 fully saturated rings. The summed E-state index contributed by atoms with van der Waals surface area (Å²) in [5.41, 5.74) is 3.85. The highest BCUT2D eigenvalue weighted by Crippen LogP contribution is 2.44. The molecule has 0 radical (unpaired) electrons. The van der Waals surface area contributed by atoms with Gasteiger partial charge in [0.2, 0.25) is 0 Å². The number of imide groups is 1. The fourth-order valence-corrected chi connectivity index (χ4v) is 5.08. The molecule has 6 heteroatoms. The van der Waals surface area contributed by atoms with Gasteiger partial charge in [-0.3, -0.25) is 24.2 Å². The van der Waals surface area contributed by atoms with Crippen LogP contribution in [-0.4, -0.2) is 35.3 Å². The summed E-state index contributed by atoms with van der Waals surface area (Å²) in [7, 11) is 0. The van der Waals surface area contributed by atoms with Crippen LogP contribution in [0.4, 0.5) is 5.69 Å². The van der Waals surface area contributed by atoms with Gasteiger partial charge in [-0.2, -0.15) is 0 Å². The van der Waals surface area contributed by atoms with Crippen molar-refractivity contribution < 1.29 is 19.1 Å². The number of carbonyl (C=O) groups excluding carboxylic acids is 3. The second-order valence-electron chi connectivity index (χ2n) is 9.99. The summed E-state index contributed by atoms with van der Waals surface area (Å²) >= 11 is 0. The normalized spacial score (nSPS) is 16.7. The molecule has 1 unspecified atom stereocenters. The highest BCUT2D eigenvalue weighted by Gasteiger charge is 2.45. The zero-order valence-corrected chi connectivity index (χ0v) is 21.5. The van der Waals surface area contributed by atoms with Crippen molar-refractivity contribution in [3.63, 3.8) is 0 Å². The van der Waals surface area contributed by atoms with Gasteiger partial charge in [0.05, 0.1) is 23.4 Å². The van der Waals surface area contributed by atoms with Crippen molar-refractivity contribution in [3.8, 4) is 5.75 Å². The van der Waals surface area contributed by atoms with E-state index in [4.69, 9.17) is 4.74 Å². The molecule has 3 aromatic rings. The summed E-state index contributed by atoms with van der Waals surface area (Å²) in [5, 5.41) is 0. The van der Waals surface area contributed by atoms with E-state index < -0.39 is 17.9 Å². The van der Waals surface area contributed by atoms with Crippen molar-refractivity contribution in [3.05, 3.63) is 107 Å². The summed E-state index contributed by atoms with van der Waals surface area (Å²) in [4.78, 5) is 44.0. The maximum Gasteiger partial charge on any atom is 0.262 e. The summed E-state index contributed by atoms with van der Waals surface area (Å²) in [5.74, 6) is -0.490. The van der Waals surface area contributed by atoms with E-state index in [1.165, 1.54) is 0 Å². The molecule has 6 nitrogen and oxygen atoms in total. The molecule has 3 aromatic carbocycles. The largest absolute Gasteiger partial charge is 0.494 e. The summed E-state index contributed by atoms with van der Waals surface area (Å²) in [6.07, 6.45) is 2.05. The van der Waals surface area contributed by atoms with Gasteiger partial charge in [-0.15, -0.1) is 0 Å². The second kappa shape index (κ2) is 9.36. The van der Waals surface area contributed by atoms with Crippen molar-refractivity contribution >= 4 is 23.4 Å². The highest BCUT2D eigenvalue weighted by atomic mass is 16.5. The standard InChI is InChI=1S/C31H30N2O4/c1-5-37-22-15-16-26-25(18-22)31(3,4)20(2)19-32(26)30(36)27(17-21-11-7-6-8-12-21)33-28(34)23-13-9-10-14-24(23)29(33)35/h6-16,18-19,27H,5,17H2,1-4H3. The summed E-state index contributed by atoms with van der Waals surface area (Å²) in [6.45, 7) is 8.68. The van der Waals surface area contributed by atoms with Gasteiger partial charge in [-0.1, -0.05) is 56.3 Å². The minimum atomic E-state index is -1.01. The topological polar surface area (TPSA) is 66.9 Å². The molecule has 1 atom stereocenters. The van der Waals surface area contributed by atoms with E-state index in [0.717, 1.165) is 33.0 Å². The van der Waals surface area contributed by atoms with Gasteiger partial charge < -0.3 is 4.74 Å². The van der Waals surface area contributed by atoms with E-state index in [1.807, 2.05) is 68.6 Å². The van der Waals surface area contributed by atoms with Gasteiger partial charge >= 0.3 is 0 Å². The van der Waals surface area contributed by atoms with E-state index in [2.05, 4.69) is 13.8 Å². The smallest absolute Gasteiger partial charge is 0.262 e. The molecule has 2 heterocycles. The van der Waals surface area contributed by atoms with Gasteiger partial charge in [-0.25, -0.2) is 0 Å². The van der Waals surface area contributed by atoms with E-state index >= 15 is 0 Å². The fraction of sp³-hybridized carbons (Fsp3) is 0.258. The molecule has 5 rings (SSSR count). The molecular weight excluding hydrogens is 464 g/mol. The first kappa shape index (κ1) is 24.5. The Hall–Kier alpha value is -4.19. The minimum absolute atomic E-state index is 0.213. The molecule has 3 amide bonds. The maximum absolute atomic E-state index is 14.4. The van der Waals surface area contributed by atoms with E-state index in [1.54, 1.807) is 29.2 Å². The number of rotatable bonds is 6. The Morgan fingerprint density at radius 2 is 1.54 bits per heavy atom. The number of fused-ring (bicyclic) bond motifs is 2. The van der Waals surface area contributed by atoms with Gasteiger partial charge in [0, 0.05) is 18.0 Å². The molecule has 37 heavy (non-hydrogen) atoms. The van der Waals surface area contributed by atoms with Gasteiger partial charge in [0.25, 0.3) is 17.7 Å². The number of nitrogens with zero attached hydrogens (tertiary/aromatic N) is 2. The van der Waals surface area contributed by atoms with Crippen LogP contribution >= 0.6 is 0 Å². The van der Waals surface area contributed by atoms with Crippen molar-refractivity contribution in [2.45, 2.75) is 45.6 Å². The predicted octanol–water partition coefficient (Wildman–Crippen LogP) is 5.52. The van der Waals surface area contributed by atoms with Crippen LogP contribution in [-0.2, 0) is 16.6 Å². The monoisotopic (exact) mass is 494 g/mol. The Morgan fingerprint density at radius 3 is 2.16 bits per heavy atom. The average molecular weight is 495 g/mol. The van der Waals surface area contributed by atoms with Crippen LogP contribution in [0.3, 0.4) is 0 Å². The Balaban J connectivity index is 1.60. The molecule has 2 aliphatic rings. The summed E-state index contributed by atoms with van der Waals surface area (Å²) in [6, 6.07) is 20.9. The molecule has 188 valence electrons. The lowest BCUT2D eigenvalue weighted by Crippen LogP contribution is -2.52. The molecule has 0 N–H and O–H groups in total. The van der Waals surface area contributed by atoms with Gasteiger partial charge in [0.15, 0.2) is 0 Å². The number of carbonyl (C=O) groups is 3. The Bertz CT molecular complexity index is 1390. The molecule has 0 spiro atoms. The minimum Gasteiger partial charge on any atom is -0.494 e. The molecule has 2 aliphatic heterocycles. The lowest BCUT2D eigenvalue weighted by atomic mass is 9.75. The zero-order chi connectivity index (χ0) is 26.3. The lowest BCUT2D eigenvalue weighted by Gasteiger charge is -2.39. The number of ether oxygens (including phenoxy) is 1. The van der Waals surface area contributed by atoms with Crippen LogP contribution in [0.1, 0.15) is 59.5 Å². The first-order valence-corrected chi connectivity index (χ1v) is 12.5. The first-order valence-electron chi connectivity index (χ1n) is 12.5. The number of hydrogen-bond donors (Lipinski definition) is 0. The first-order chi connectivity index (χ1) is 17.7. The molecule has 0 aromatic heterocycles. The predicted molar refractivity (Wildman–Crippen MR) is 143 cm³/mol. The Morgan fingerprint density at radius 1 is 0.919 bits per heavy atom. The highest BCUT2D eigenvalue weighted by molar-refractivity contribution is 6.23. The number of hydrogen-bond acceptors (Lipinski definition) is 4. The third-order valence-electron chi connectivity index (χ3n) is 7.45. The number of benzene rings is 3. The van der Waals surface area contributed by atoms with Gasteiger partial charge in [0.1, 0.15) is 11.8 Å². The van der Waals surface area contributed by atoms with Crippen molar-refractivity contribution in [2.24, 2.45) is 0 Å². The molecule has 0 saturated carbocycles. The van der Waals surface area contributed by atoms with Crippen LogP contribution < -0.4 is 9.64 Å². The number of amides is 3. The average Bonchev–Trinajstić information content (AvgIpc) is 3.15.